The lowest BCUT2D eigenvalue weighted by atomic mass is 9.94. The molecular weight excluding hydrogens is 404 g/mol. The summed E-state index contributed by atoms with van der Waals surface area (Å²) in [6.45, 7) is 1.96. The minimum atomic E-state index is -0.555. The van der Waals surface area contributed by atoms with Gasteiger partial charge in [0.15, 0.2) is 0 Å². The van der Waals surface area contributed by atoms with E-state index in [4.69, 9.17) is 11.6 Å². The molecule has 0 bridgehead atoms. The maximum Gasteiger partial charge on any atom is 0.253 e. The van der Waals surface area contributed by atoms with Gasteiger partial charge >= 0.3 is 0 Å². The van der Waals surface area contributed by atoms with Gasteiger partial charge in [-0.3, -0.25) is 19.6 Å². The Bertz CT molecular complexity index is 902. The van der Waals surface area contributed by atoms with Crippen LogP contribution in [-0.2, 0) is 11.2 Å². The molecule has 0 spiro atoms. The van der Waals surface area contributed by atoms with Crippen LogP contribution >= 0.6 is 11.6 Å². The number of piperidine rings is 1. The summed E-state index contributed by atoms with van der Waals surface area (Å²) in [4.78, 5) is 37.6. The molecule has 4 rings (SSSR count). The zero-order chi connectivity index (χ0) is 21.1. The van der Waals surface area contributed by atoms with E-state index >= 15 is 0 Å². The summed E-state index contributed by atoms with van der Waals surface area (Å²) in [6.07, 6.45) is 6.26. The van der Waals surface area contributed by atoms with E-state index < -0.39 is 6.10 Å². The number of aliphatic hydroxyl groups is 1. The minimum absolute atomic E-state index is 0.0323. The maximum absolute atomic E-state index is 13.0. The number of halogens is 1. The Hall–Kier alpha value is -2.51. The summed E-state index contributed by atoms with van der Waals surface area (Å²) in [5.41, 5.74) is 1.39. The molecule has 2 aromatic rings. The molecule has 0 unspecified atom stereocenters. The standard InChI is InChI=1S/C22H25ClN4O3/c23-18-3-1-2-16(10-18)22(30)26-8-4-15(5-9-26)21(29)27-13-17(20(28)14-27)11-19-12-24-6-7-25-19/h1-3,6-7,10,12,15,17,20,28H,4-5,8-9,11,13-14H2/t17-,20-/m1/s1. The van der Waals surface area contributed by atoms with Crippen LogP contribution in [0.15, 0.2) is 42.9 Å². The van der Waals surface area contributed by atoms with Gasteiger partial charge in [-0.25, -0.2) is 0 Å². The van der Waals surface area contributed by atoms with Gasteiger partial charge in [-0.1, -0.05) is 17.7 Å². The highest BCUT2D eigenvalue weighted by molar-refractivity contribution is 6.30. The average Bonchev–Trinajstić information content (AvgIpc) is 3.13. The van der Waals surface area contributed by atoms with Gasteiger partial charge in [0, 0.05) is 67.2 Å². The van der Waals surface area contributed by atoms with Gasteiger partial charge in [0.1, 0.15) is 0 Å². The van der Waals surface area contributed by atoms with E-state index in [-0.39, 0.29) is 23.7 Å². The van der Waals surface area contributed by atoms with Crippen LogP contribution in [0.4, 0.5) is 0 Å². The molecule has 3 heterocycles. The van der Waals surface area contributed by atoms with E-state index in [0.29, 0.717) is 56.0 Å². The second kappa shape index (κ2) is 9.10. The second-order valence-electron chi connectivity index (χ2n) is 8.05. The molecular formula is C22H25ClN4O3. The average molecular weight is 429 g/mol. The number of benzene rings is 1. The molecule has 0 radical (unpaired) electrons. The first-order valence-corrected chi connectivity index (χ1v) is 10.7. The third-order valence-electron chi connectivity index (χ3n) is 6.01. The first kappa shape index (κ1) is 20.8. The summed E-state index contributed by atoms with van der Waals surface area (Å²) in [5, 5.41) is 11.0. The molecule has 158 valence electrons. The molecule has 1 aromatic heterocycles. The van der Waals surface area contributed by atoms with E-state index in [0.717, 1.165) is 5.69 Å². The lowest BCUT2D eigenvalue weighted by Crippen LogP contribution is -2.44. The van der Waals surface area contributed by atoms with Gasteiger partial charge in [0.05, 0.1) is 11.8 Å². The summed E-state index contributed by atoms with van der Waals surface area (Å²) >= 11 is 5.99. The maximum atomic E-state index is 13.0. The Morgan fingerprint density at radius 2 is 1.93 bits per heavy atom. The van der Waals surface area contributed by atoms with E-state index in [1.807, 2.05) is 0 Å². The number of nitrogens with zero attached hydrogens (tertiary/aromatic N) is 4. The van der Waals surface area contributed by atoms with Crippen LogP contribution in [0.3, 0.4) is 0 Å². The third-order valence-corrected chi connectivity index (χ3v) is 6.24. The second-order valence-corrected chi connectivity index (χ2v) is 8.48. The molecule has 1 N–H and O–H groups in total. The number of likely N-dealkylation sites (tertiary alicyclic amines) is 2. The van der Waals surface area contributed by atoms with Gasteiger partial charge in [-0.15, -0.1) is 0 Å². The van der Waals surface area contributed by atoms with Crippen LogP contribution in [0.25, 0.3) is 0 Å². The highest BCUT2D eigenvalue weighted by Gasteiger charge is 2.38. The van der Waals surface area contributed by atoms with Crippen molar-refractivity contribution in [2.45, 2.75) is 25.4 Å². The van der Waals surface area contributed by atoms with E-state index in [9.17, 15) is 14.7 Å². The lowest BCUT2D eigenvalue weighted by Gasteiger charge is -2.33. The van der Waals surface area contributed by atoms with Crippen LogP contribution in [0.1, 0.15) is 28.9 Å². The minimum Gasteiger partial charge on any atom is -0.391 e. The van der Waals surface area contributed by atoms with Crippen molar-refractivity contribution < 1.29 is 14.7 Å². The lowest BCUT2D eigenvalue weighted by molar-refractivity contribution is -0.136. The molecule has 2 saturated heterocycles. The predicted molar refractivity (Wildman–Crippen MR) is 112 cm³/mol. The van der Waals surface area contributed by atoms with Crippen LogP contribution in [0.5, 0.6) is 0 Å². The zero-order valence-electron chi connectivity index (χ0n) is 16.7. The molecule has 8 heteroatoms. The predicted octanol–water partition coefficient (Wildman–Crippen LogP) is 2.04. The molecule has 0 saturated carbocycles. The molecule has 0 aliphatic carbocycles. The Morgan fingerprint density at radius 3 is 2.63 bits per heavy atom. The monoisotopic (exact) mass is 428 g/mol. The molecule has 2 aliphatic heterocycles. The van der Waals surface area contributed by atoms with Crippen molar-refractivity contribution in [2.24, 2.45) is 11.8 Å². The first-order chi connectivity index (χ1) is 14.5. The highest BCUT2D eigenvalue weighted by Crippen LogP contribution is 2.27. The smallest absolute Gasteiger partial charge is 0.253 e. The Labute approximate surface area is 180 Å². The van der Waals surface area contributed by atoms with Crippen molar-refractivity contribution in [2.75, 3.05) is 26.2 Å². The Kier molecular flexibility index (Phi) is 6.29. The summed E-state index contributed by atoms with van der Waals surface area (Å²) in [7, 11) is 0. The van der Waals surface area contributed by atoms with Crippen molar-refractivity contribution in [3.8, 4) is 0 Å². The Morgan fingerprint density at radius 1 is 1.13 bits per heavy atom. The molecule has 2 amide bonds. The molecule has 2 fully saturated rings. The summed E-state index contributed by atoms with van der Waals surface area (Å²) in [5.74, 6) is -0.124. The third kappa shape index (κ3) is 4.63. The molecule has 2 atom stereocenters. The van der Waals surface area contributed by atoms with Crippen molar-refractivity contribution in [1.82, 2.24) is 19.8 Å². The summed E-state index contributed by atoms with van der Waals surface area (Å²) < 4.78 is 0. The normalized spacial score (nSPS) is 22.3. The van der Waals surface area contributed by atoms with Gasteiger partial charge < -0.3 is 14.9 Å². The van der Waals surface area contributed by atoms with Crippen LogP contribution < -0.4 is 0 Å². The number of rotatable bonds is 4. The van der Waals surface area contributed by atoms with Crippen LogP contribution in [-0.4, -0.2) is 69.0 Å². The van der Waals surface area contributed by atoms with Crippen molar-refractivity contribution in [3.63, 3.8) is 0 Å². The van der Waals surface area contributed by atoms with Crippen molar-refractivity contribution in [3.05, 3.63) is 59.1 Å². The number of carbonyl (C=O) groups excluding carboxylic acids is 2. The number of amides is 2. The van der Waals surface area contributed by atoms with Crippen molar-refractivity contribution in [1.29, 1.82) is 0 Å². The van der Waals surface area contributed by atoms with Crippen LogP contribution in [0.2, 0.25) is 5.02 Å². The molecule has 2 aliphatic rings. The van der Waals surface area contributed by atoms with Crippen LogP contribution in [0, 0.1) is 11.8 Å². The van der Waals surface area contributed by atoms with E-state index in [1.165, 1.54) is 0 Å². The van der Waals surface area contributed by atoms with E-state index in [1.54, 1.807) is 52.7 Å². The molecule has 30 heavy (non-hydrogen) atoms. The number of aliphatic hydroxyl groups excluding tert-OH is 1. The topological polar surface area (TPSA) is 86.6 Å². The fourth-order valence-corrected chi connectivity index (χ4v) is 4.52. The molecule has 7 nitrogen and oxygen atoms in total. The SMILES string of the molecule is O=C(c1cccc(Cl)c1)N1CCC(C(=O)N2C[C@@H](Cc3cnccn3)[C@H](O)C2)CC1. The number of hydrogen-bond donors (Lipinski definition) is 1. The van der Waals surface area contributed by atoms with Gasteiger partial charge in [-0.05, 0) is 37.5 Å². The first-order valence-electron chi connectivity index (χ1n) is 10.3. The van der Waals surface area contributed by atoms with Gasteiger partial charge in [0.25, 0.3) is 5.91 Å². The van der Waals surface area contributed by atoms with Gasteiger partial charge in [-0.2, -0.15) is 0 Å². The largest absolute Gasteiger partial charge is 0.391 e. The highest BCUT2D eigenvalue weighted by atomic mass is 35.5. The number of carbonyl (C=O) groups is 2. The fraction of sp³-hybridized carbons (Fsp3) is 0.455. The zero-order valence-corrected chi connectivity index (χ0v) is 17.4. The summed E-state index contributed by atoms with van der Waals surface area (Å²) in [6, 6.07) is 6.94. The number of hydrogen-bond acceptors (Lipinski definition) is 5. The van der Waals surface area contributed by atoms with E-state index in [2.05, 4.69) is 9.97 Å². The Balaban J connectivity index is 1.30. The quantitative estimate of drug-likeness (QED) is 0.805. The molecule has 1 aromatic carbocycles. The fourth-order valence-electron chi connectivity index (χ4n) is 4.33. The van der Waals surface area contributed by atoms with Crippen molar-refractivity contribution >= 4 is 23.4 Å². The number of β-amino-alcohol motifs (C(OH)–C–C–N with tert-alkyl or cyclic N) is 1. The number of aromatic nitrogens is 2. The van der Waals surface area contributed by atoms with Gasteiger partial charge in [0.2, 0.25) is 5.91 Å².